The number of carbonyl (C=O) groups is 2. The fourth-order valence-corrected chi connectivity index (χ4v) is 2.23. The number of anilines is 2. The Morgan fingerprint density at radius 3 is 2.91 bits per heavy atom. The van der Waals surface area contributed by atoms with E-state index < -0.39 is 0 Å². The van der Waals surface area contributed by atoms with Crippen molar-refractivity contribution in [1.29, 1.82) is 0 Å². The van der Waals surface area contributed by atoms with Gasteiger partial charge in [-0.2, -0.15) is 0 Å². The molecule has 0 saturated heterocycles. The maximum Gasteiger partial charge on any atom is 0.262 e. The Labute approximate surface area is 126 Å². The Morgan fingerprint density at radius 1 is 1.27 bits per heavy atom. The fraction of sp³-hybridized carbons (Fsp3) is 0.125. The van der Waals surface area contributed by atoms with E-state index in [4.69, 9.17) is 4.74 Å². The van der Waals surface area contributed by atoms with Gasteiger partial charge in [0.05, 0.1) is 12.1 Å². The molecule has 0 atom stereocenters. The number of ether oxygens (including phenoxy) is 1. The van der Waals surface area contributed by atoms with Crippen molar-refractivity contribution in [3.63, 3.8) is 0 Å². The van der Waals surface area contributed by atoms with Crippen LogP contribution in [-0.2, 0) is 16.0 Å². The van der Waals surface area contributed by atoms with Gasteiger partial charge in [0.15, 0.2) is 6.61 Å². The van der Waals surface area contributed by atoms with Crippen molar-refractivity contribution < 1.29 is 18.7 Å². The molecule has 0 aliphatic carbocycles. The van der Waals surface area contributed by atoms with Crippen LogP contribution in [0.2, 0.25) is 0 Å². The summed E-state index contributed by atoms with van der Waals surface area (Å²) in [6, 6.07) is 10.9. The first-order chi connectivity index (χ1) is 10.6. The lowest BCUT2D eigenvalue weighted by Crippen LogP contribution is -2.27. The molecule has 2 N–H and O–H groups in total. The number of fused-ring (bicyclic) bond motifs is 1. The van der Waals surface area contributed by atoms with Crippen LogP contribution >= 0.6 is 0 Å². The number of halogens is 1. The highest BCUT2D eigenvalue weighted by Crippen LogP contribution is 2.34. The number of benzene rings is 2. The maximum atomic E-state index is 13.1. The molecule has 1 heterocycles. The lowest BCUT2D eigenvalue weighted by molar-refractivity contribution is -0.118. The van der Waals surface area contributed by atoms with Gasteiger partial charge in [0, 0.05) is 0 Å². The van der Waals surface area contributed by atoms with Gasteiger partial charge in [0.2, 0.25) is 5.91 Å². The summed E-state index contributed by atoms with van der Waals surface area (Å²) < 4.78 is 18.4. The summed E-state index contributed by atoms with van der Waals surface area (Å²) >= 11 is 0. The zero-order valence-corrected chi connectivity index (χ0v) is 11.6. The van der Waals surface area contributed by atoms with Crippen LogP contribution in [0.25, 0.3) is 0 Å². The number of hydrogen-bond donors (Lipinski definition) is 2. The summed E-state index contributed by atoms with van der Waals surface area (Å²) in [7, 11) is 0. The Morgan fingerprint density at radius 2 is 2.09 bits per heavy atom. The van der Waals surface area contributed by atoms with Crippen molar-refractivity contribution in [3.05, 3.63) is 53.8 Å². The van der Waals surface area contributed by atoms with E-state index in [0.717, 1.165) is 0 Å². The van der Waals surface area contributed by atoms with Crippen molar-refractivity contribution in [2.45, 2.75) is 6.42 Å². The molecule has 2 aromatic carbocycles. The predicted octanol–water partition coefficient (Wildman–Crippen LogP) is 2.34. The van der Waals surface area contributed by atoms with E-state index in [2.05, 4.69) is 10.6 Å². The lowest BCUT2D eigenvalue weighted by atomic mass is 10.1. The molecule has 0 saturated carbocycles. The molecule has 0 unspecified atom stereocenters. The highest BCUT2D eigenvalue weighted by atomic mass is 19.1. The number of para-hydroxylation sites is 1. The van der Waals surface area contributed by atoms with Gasteiger partial charge < -0.3 is 15.4 Å². The average molecular weight is 300 g/mol. The van der Waals surface area contributed by atoms with E-state index in [1.807, 2.05) is 0 Å². The average Bonchev–Trinajstić information content (AvgIpc) is 2.48. The van der Waals surface area contributed by atoms with Crippen molar-refractivity contribution in [2.24, 2.45) is 0 Å². The summed E-state index contributed by atoms with van der Waals surface area (Å²) in [5.41, 5.74) is 1.46. The molecule has 0 radical (unpaired) electrons. The Kier molecular flexibility index (Phi) is 3.74. The first kappa shape index (κ1) is 14.1. The third-order valence-corrected chi connectivity index (χ3v) is 3.18. The molecule has 6 heteroatoms. The molecular weight excluding hydrogens is 287 g/mol. The molecule has 5 nitrogen and oxygen atoms in total. The van der Waals surface area contributed by atoms with E-state index in [1.165, 1.54) is 12.1 Å². The molecule has 2 aromatic rings. The largest absolute Gasteiger partial charge is 0.481 e. The van der Waals surface area contributed by atoms with E-state index in [0.29, 0.717) is 22.7 Å². The lowest BCUT2D eigenvalue weighted by Gasteiger charge is -2.20. The molecular formula is C16H13FN2O3. The van der Waals surface area contributed by atoms with Crippen molar-refractivity contribution in [1.82, 2.24) is 0 Å². The van der Waals surface area contributed by atoms with Crippen LogP contribution in [0.15, 0.2) is 42.5 Å². The summed E-state index contributed by atoms with van der Waals surface area (Å²) in [6.07, 6.45) is 0.0379. The van der Waals surface area contributed by atoms with Crippen molar-refractivity contribution in [3.8, 4) is 5.75 Å². The van der Waals surface area contributed by atoms with Crippen molar-refractivity contribution >= 4 is 23.2 Å². The Hall–Kier alpha value is -2.89. The minimum absolute atomic E-state index is 0.0379. The molecule has 3 rings (SSSR count). The molecule has 112 valence electrons. The van der Waals surface area contributed by atoms with Crippen LogP contribution in [0, 0.1) is 5.82 Å². The second-order valence-electron chi connectivity index (χ2n) is 4.87. The number of carbonyl (C=O) groups excluding carboxylic acids is 2. The monoisotopic (exact) mass is 300 g/mol. The summed E-state index contributed by atoms with van der Waals surface area (Å²) in [6.45, 7) is -0.0479. The van der Waals surface area contributed by atoms with Crippen LogP contribution in [0.1, 0.15) is 5.56 Å². The van der Waals surface area contributed by atoms with Crippen LogP contribution in [0.4, 0.5) is 15.8 Å². The van der Waals surface area contributed by atoms with Gasteiger partial charge in [0.1, 0.15) is 17.3 Å². The van der Waals surface area contributed by atoms with Crippen LogP contribution in [0.3, 0.4) is 0 Å². The number of amides is 2. The van der Waals surface area contributed by atoms with Gasteiger partial charge in [-0.25, -0.2) is 4.39 Å². The third-order valence-electron chi connectivity index (χ3n) is 3.18. The summed E-state index contributed by atoms with van der Waals surface area (Å²) in [5, 5.41) is 5.37. The van der Waals surface area contributed by atoms with E-state index in [1.54, 1.807) is 30.3 Å². The molecule has 1 aliphatic heterocycles. The minimum atomic E-state index is -0.386. The summed E-state index contributed by atoms with van der Waals surface area (Å²) in [5.74, 6) is -0.468. The van der Waals surface area contributed by atoms with E-state index in [9.17, 15) is 14.0 Å². The molecule has 2 amide bonds. The molecule has 0 spiro atoms. The second-order valence-corrected chi connectivity index (χ2v) is 4.87. The second kappa shape index (κ2) is 5.85. The Bertz CT molecular complexity index is 746. The number of hydrogen-bond acceptors (Lipinski definition) is 3. The van der Waals surface area contributed by atoms with Gasteiger partial charge in [-0.1, -0.05) is 18.2 Å². The van der Waals surface area contributed by atoms with E-state index >= 15 is 0 Å². The van der Waals surface area contributed by atoms with Crippen molar-refractivity contribution in [2.75, 3.05) is 17.2 Å². The van der Waals surface area contributed by atoms with Gasteiger partial charge in [-0.15, -0.1) is 0 Å². The normalized spacial score (nSPS) is 12.9. The molecule has 1 aliphatic rings. The van der Waals surface area contributed by atoms with Gasteiger partial charge in [-0.3, -0.25) is 9.59 Å². The molecule has 22 heavy (non-hydrogen) atoms. The van der Waals surface area contributed by atoms with Gasteiger partial charge in [-0.05, 0) is 29.8 Å². The zero-order valence-electron chi connectivity index (χ0n) is 11.6. The quantitative estimate of drug-likeness (QED) is 0.914. The highest BCUT2D eigenvalue weighted by molar-refractivity contribution is 6.03. The number of nitrogens with one attached hydrogen (secondary N) is 2. The molecule has 0 aromatic heterocycles. The third kappa shape index (κ3) is 3.06. The number of rotatable bonds is 3. The topological polar surface area (TPSA) is 67.4 Å². The standard InChI is InChI=1S/C16H13FN2O3/c17-11-4-1-3-10(7-11)8-14(20)18-12-5-2-6-13-16(12)19-15(21)9-22-13/h1-7H,8-9H2,(H,18,20)(H,19,21). The molecule has 0 fully saturated rings. The highest BCUT2D eigenvalue weighted by Gasteiger charge is 2.19. The smallest absolute Gasteiger partial charge is 0.262 e. The fourth-order valence-electron chi connectivity index (χ4n) is 2.23. The summed E-state index contributed by atoms with van der Waals surface area (Å²) in [4.78, 5) is 23.5. The van der Waals surface area contributed by atoms with Gasteiger partial charge in [0.25, 0.3) is 5.91 Å². The first-order valence-corrected chi connectivity index (χ1v) is 6.72. The maximum absolute atomic E-state index is 13.1. The predicted molar refractivity (Wildman–Crippen MR) is 79.3 cm³/mol. The van der Waals surface area contributed by atoms with Gasteiger partial charge >= 0.3 is 0 Å². The molecule has 0 bridgehead atoms. The van der Waals surface area contributed by atoms with E-state index in [-0.39, 0.29) is 30.7 Å². The first-order valence-electron chi connectivity index (χ1n) is 6.72. The van der Waals surface area contributed by atoms with Crippen LogP contribution in [-0.4, -0.2) is 18.4 Å². The van der Waals surface area contributed by atoms with Crippen LogP contribution in [0.5, 0.6) is 5.75 Å². The zero-order chi connectivity index (χ0) is 15.5. The van der Waals surface area contributed by atoms with Crippen LogP contribution < -0.4 is 15.4 Å². The minimum Gasteiger partial charge on any atom is -0.481 e. The SMILES string of the molecule is O=C(Cc1cccc(F)c1)Nc1cccc2c1NC(=O)CO2. The Balaban J connectivity index is 1.76.